The van der Waals surface area contributed by atoms with Crippen molar-refractivity contribution in [3.8, 4) is 11.5 Å². The van der Waals surface area contributed by atoms with Crippen LogP contribution >= 0.6 is 0 Å². The molecule has 1 saturated carbocycles. The largest absolute Gasteiger partial charge is 0.493 e. The maximum Gasteiger partial charge on any atom is 0.211 e. The van der Waals surface area contributed by atoms with Crippen molar-refractivity contribution >= 4 is 5.78 Å². The fraction of sp³-hybridized carbons (Fsp3) is 0.611. The Morgan fingerprint density at radius 1 is 1.57 bits per heavy atom. The van der Waals surface area contributed by atoms with Crippen molar-refractivity contribution in [3.63, 3.8) is 0 Å². The van der Waals surface area contributed by atoms with Crippen molar-refractivity contribution in [2.24, 2.45) is 0 Å². The molecular weight excluding hydrogens is 294 g/mol. The molecule has 23 heavy (non-hydrogen) atoms. The van der Waals surface area contributed by atoms with E-state index in [4.69, 9.17) is 29.7 Å². The summed E-state index contributed by atoms with van der Waals surface area (Å²) in [5.74, 6) is -1.48. The van der Waals surface area contributed by atoms with Crippen molar-refractivity contribution in [2.75, 3.05) is 20.6 Å². The average molecular weight is 326 g/mol. The summed E-state index contributed by atoms with van der Waals surface area (Å²) in [5, 5.41) is 5.18. The number of benzene rings is 1. The van der Waals surface area contributed by atoms with Crippen LogP contribution in [0.25, 0.3) is 0 Å². The van der Waals surface area contributed by atoms with Crippen LogP contribution in [0.15, 0.2) is 12.1 Å². The number of hydrogen-bond acceptors (Lipinski definition) is 5. The third-order valence-corrected chi connectivity index (χ3v) is 5.67. The number of Topliss-reactive ketones (excluding diaryl/α,β-unsaturated/α-hetero) is 1. The number of hydrogen-bond donors (Lipinski definition) is 1. The molecule has 0 amide bonds. The minimum absolute atomic E-state index is 0.0372. The Kier molecular flexibility index (Phi) is 1.19. The van der Waals surface area contributed by atoms with E-state index in [0.717, 1.165) is 4.90 Å². The predicted molar refractivity (Wildman–Crippen MR) is 83.0 cm³/mol. The van der Waals surface area contributed by atoms with Crippen LogP contribution in [0.1, 0.15) is 44.0 Å². The average Bonchev–Trinajstić information content (AvgIpc) is 3.02. The molecule has 2 heterocycles. The molecule has 2 aliphatic heterocycles. The molecule has 0 radical (unpaired) electrons. The Balaban J connectivity index is 1.89. The molecule has 2 aliphatic carbocycles. The van der Waals surface area contributed by atoms with Crippen LogP contribution in [0.2, 0.25) is 0 Å². The Morgan fingerprint density at radius 3 is 3.35 bits per heavy atom. The highest BCUT2D eigenvalue weighted by atomic mass is 16.5. The molecule has 4 aliphatic rings. The van der Waals surface area contributed by atoms with Gasteiger partial charge in [-0.3, -0.25) is 4.79 Å². The number of methoxy groups -OCH3 is 1. The fourth-order valence-electron chi connectivity index (χ4n) is 4.68. The minimum Gasteiger partial charge on any atom is -0.493 e. The molecule has 2 fully saturated rings. The molecule has 4 atom stereocenters. The molecule has 1 aromatic carbocycles. The van der Waals surface area contributed by atoms with Crippen LogP contribution in [0.3, 0.4) is 0 Å². The summed E-state index contributed by atoms with van der Waals surface area (Å²) in [6.07, 6.45) is -7.63. The second kappa shape index (κ2) is 4.08. The number of rotatable bonds is 2. The highest BCUT2D eigenvalue weighted by molar-refractivity contribution is 5.90. The summed E-state index contributed by atoms with van der Waals surface area (Å²) in [6, 6.07) is 0.779. The number of aliphatic hydroxyl groups is 1. The zero-order valence-electron chi connectivity index (χ0n) is 23.0. The molecule has 1 aromatic rings. The van der Waals surface area contributed by atoms with Gasteiger partial charge in [0.25, 0.3) is 0 Å². The summed E-state index contributed by atoms with van der Waals surface area (Å²) >= 11 is 0. The van der Waals surface area contributed by atoms with Crippen LogP contribution in [0, 0.1) is 0 Å². The van der Waals surface area contributed by atoms with Crippen molar-refractivity contribution in [1.82, 2.24) is 4.90 Å². The van der Waals surface area contributed by atoms with Crippen molar-refractivity contribution < 1.29 is 33.1 Å². The fourth-order valence-corrected chi connectivity index (χ4v) is 4.68. The first-order chi connectivity index (χ1) is 15.4. The van der Waals surface area contributed by atoms with Gasteiger partial charge >= 0.3 is 0 Å². The number of ether oxygens (including phenoxy) is 2. The summed E-state index contributed by atoms with van der Waals surface area (Å²) < 4.78 is 100. The van der Waals surface area contributed by atoms with E-state index in [0.29, 0.717) is 0 Å². The number of likely N-dealkylation sites (N-methyl/N-ethyl adjacent to an activating group) is 1. The van der Waals surface area contributed by atoms with Crippen LogP contribution < -0.4 is 9.47 Å². The molecule has 5 heteroatoms. The number of likely N-dealkylation sites (tertiary alicyclic amines) is 1. The molecule has 1 unspecified atom stereocenters. The van der Waals surface area contributed by atoms with Gasteiger partial charge in [0.15, 0.2) is 23.4 Å². The van der Waals surface area contributed by atoms with Gasteiger partial charge in [-0.05, 0) is 44.4 Å². The quantitative estimate of drug-likeness (QED) is 0.880. The molecule has 0 aromatic heterocycles. The predicted octanol–water partition coefficient (Wildman–Crippen LogP) is 1.05. The molecule has 2 bridgehead atoms. The van der Waals surface area contributed by atoms with Crippen LogP contribution in [0.5, 0.6) is 11.5 Å². The number of carbonyl (C=O) groups is 1. The third-order valence-electron chi connectivity index (χ3n) is 5.67. The highest BCUT2D eigenvalue weighted by Crippen LogP contribution is 2.64. The topological polar surface area (TPSA) is 59.0 Å². The van der Waals surface area contributed by atoms with E-state index in [1.54, 1.807) is 0 Å². The van der Waals surface area contributed by atoms with Gasteiger partial charge in [0, 0.05) is 27.6 Å². The Bertz CT molecular complexity index is 1090. The first-order valence-electron chi connectivity index (χ1n) is 12.8. The lowest BCUT2D eigenvalue weighted by molar-refractivity contribution is -0.185. The first kappa shape index (κ1) is 6.73. The summed E-state index contributed by atoms with van der Waals surface area (Å²) in [5.41, 5.74) is -3.72. The molecule has 1 spiro atoms. The lowest BCUT2D eigenvalue weighted by Gasteiger charge is -2.62. The summed E-state index contributed by atoms with van der Waals surface area (Å²) in [4.78, 5) is 14.2. The standard InChI is InChI=1S/C18H21NO4/c1-19-8-7-17-14-10-3-4-12(22-2)15(14)23-16(17)11(20)5-6-18(17,21)13(19)9-10/h3-4,13,16,21H,5-9H2,1-2H3/t13-,16?,17+,18-/m1/s1/i1D3,2D3,5D2,9D2,21D. The first-order valence-corrected chi connectivity index (χ1v) is 7.43. The van der Waals surface area contributed by atoms with Crippen LogP contribution in [-0.2, 0) is 16.6 Å². The molecule has 5 nitrogen and oxygen atoms in total. The number of piperidine rings is 1. The Hall–Kier alpha value is -1.59. The Morgan fingerprint density at radius 2 is 2.52 bits per heavy atom. The van der Waals surface area contributed by atoms with E-state index in [1.807, 2.05) is 0 Å². The van der Waals surface area contributed by atoms with Crippen molar-refractivity contribution in [3.05, 3.63) is 23.3 Å². The monoisotopic (exact) mass is 326 g/mol. The van der Waals surface area contributed by atoms with E-state index >= 15 is 0 Å². The van der Waals surface area contributed by atoms with E-state index in [1.165, 1.54) is 12.1 Å². The summed E-state index contributed by atoms with van der Waals surface area (Å²) in [6.45, 7) is -3.02. The van der Waals surface area contributed by atoms with E-state index < -0.39 is 62.1 Å². The Labute approximate surface area is 150 Å². The van der Waals surface area contributed by atoms with E-state index in [2.05, 4.69) is 0 Å². The molecule has 1 N–H and O–H groups in total. The molecule has 5 rings (SSSR count). The third kappa shape index (κ3) is 1.32. The second-order valence-corrected chi connectivity index (χ2v) is 6.48. The lowest BCUT2D eigenvalue weighted by atomic mass is 9.49. The van der Waals surface area contributed by atoms with E-state index in [-0.39, 0.29) is 35.6 Å². The van der Waals surface area contributed by atoms with Gasteiger partial charge in [-0.1, -0.05) is 6.07 Å². The summed E-state index contributed by atoms with van der Waals surface area (Å²) in [7, 11) is -2.90. The van der Waals surface area contributed by atoms with E-state index in [9.17, 15) is 4.79 Å². The number of nitrogens with zero attached hydrogens (tertiary/aromatic N) is 1. The number of carbonyl (C=O) groups excluding carboxylic acids is 1. The van der Waals surface area contributed by atoms with Crippen LogP contribution in [0.4, 0.5) is 0 Å². The van der Waals surface area contributed by atoms with Gasteiger partial charge in [0.1, 0.15) is 0 Å². The van der Waals surface area contributed by atoms with Gasteiger partial charge < -0.3 is 19.5 Å². The molecule has 122 valence electrons. The maximum atomic E-state index is 13.3. The maximum absolute atomic E-state index is 13.3. The van der Waals surface area contributed by atoms with Crippen molar-refractivity contribution in [2.45, 2.75) is 48.7 Å². The number of ketones is 1. The lowest BCUT2D eigenvalue weighted by Crippen LogP contribution is -2.76. The highest BCUT2D eigenvalue weighted by Gasteiger charge is 2.72. The smallest absolute Gasteiger partial charge is 0.211 e. The molecule has 1 saturated heterocycles. The van der Waals surface area contributed by atoms with Gasteiger partial charge in [0.05, 0.1) is 22.2 Å². The van der Waals surface area contributed by atoms with Gasteiger partial charge in [-0.25, -0.2) is 0 Å². The van der Waals surface area contributed by atoms with Crippen molar-refractivity contribution in [1.29, 1.82) is 1.43 Å². The normalized spacial score (nSPS) is 53.0. The minimum atomic E-state index is -2.90. The van der Waals surface area contributed by atoms with Crippen LogP contribution in [-0.4, -0.2) is 55.5 Å². The molecular formula is C18H21NO4. The van der Waals surface area contributed by atoms with Gasteiger partial charge in [-0.2, -0.15) is 0 Å². The second-order valence-electron chi connectivity index (χ2n) is 6.48. The SMILES string of the molecule is [2H]O[C@@]12CC([2H])([2H])C(=O)C3Oc4c(OC([2H])([2H])[2H])ccc5c4[C@@]31CCN(C([2H])([2H])[2H])[C@@H]2C5([2H])[2H]. The van der Waals surface area contributed by atoms with Gasteiger partial charge in [-0.15, -0.1) is 0 Å². The van der Waals surface area contributed by atoms with Gasteiger partial charge in [0.2, 0.25) is 1.43 Å². The zero-order chi connectivity index (χ0) is 25.3. The zero-order valence-corrected chi connectivity index (χ0v) is 12.0.